The molecule has 0 aromatic heterocycles. The summed E-state index contributed by atoms with van der Waals surface area (Å²) in [5.74, 6) is -1.46. The summed E-state index contributed by atoms with van der Waals surface area (Å²) in [6.45, 7) is 4.90. The van der Waals surface area contributed by atoms with Crippen molar-refractivity contribution in [2.45, 2.75) is 38.0 Å². The lowest BCUT2D eigenvalue weighted by Gasteiger charge is -2.34. The summed E-state index contributed by atoms with van der Waals surface area (Å²) < 4.78 is 43.5. The Hall–Kier alpha value is -1.64. The van der Waals surface area contributed by atoms with Gasteiger partial charge in [-0.1, -0.05) is 30.3 Å². The predicted octanol–water partition coefficient (Wildman–Crippen LogP) is 3.28. The lowest BCUT2D eigenvalue weighted by molar-refractivity contribution is -0.192. The van der Waals surface area contributed by atoms with E-state index in [4.69, 9.17) is 19.4 Å². The molecule has 28 heavy (non-hydrogen) atoms. The van der Waals surface area contributed by atoms with Gasteiger partial charge in [-0.25, -0.2) is 4.79 Å². The molecule has 2 atom stereocenters. The van der Waals surface area contributed by atoms with Crippen molar-refractivity contribution in [1.82, 2.24) is 5.32 Å². The Morgan fingerprint density at radius 2 is 1.82 bits per heavy atom. The monoisotopic (exact) mass is 403 g/mol. The molecular formula is C20H28F3NO4. The van der Waals surface area contributed by atoms with E-state index in [1.807, 2.05) is 0 Å². The molecule has 2 aliphatic rings. The normalized spacial score (nSPS) is 23.5. The van der Waals surface area contributed by atoms with Crippen molar-refractivity contribution in [3.8, 4) is 0 Å². The van der Waals surface area contributed by atoms with E-state index in [0.29, 0.717) is 17.9 Å². The van der Waals surface area contributed by atoms with Crippen LogP contribution in [0.15, 0.2) is 30.3 Å². The third-order valence-electron chi connectivity index (χ3n) is 5.01. The minimum Gasteiger partial charge on any atom is -0.475 e. The van der Waals surface area contributed by atoms with Gasteiger partial charge in [-0.2, -0.15) is 13.2 Å². The minimum atomic E-state index is -5.08. The molecule has 2 saturated heterocycles. The molecule has 0 unspecified atom stereocenters. The van der Waals surface area contributed by atoms with Crippen molar-refractivity contribution in [2.24, 2.45) is 11.8 Å². The Bertz CT molecular complexity index is 577. The number of rotatable bonds is 5. The van der Waals surface area contributed by atoms with Crippen LogP contribution in [-0.2, 0) is 20.7 Å². The van der Waals surface area contributed by atoms with Crippen LogP contribution in [0.1, 0.15) is 24.8 Å². The van der Waals surface area contributed by atoms with Crippen LogP contribution < -0.4 is 5.32 Å². The van der Waals surface area contributed by atoms with Gasteiger partial charge in [0, 0.05) is 32.3 Å². The zero-order chi connectivity index (χ0) is 20.4. The van der Waals surface area contributed by atoms with Crippen molar-refractivity contribution < 1.29 is 32.5 Å². The first-order valence-corrected chi connectivity index (χ1v) is 9.60. The Balaban J connectivity index is 0.000000345. The first-order valence-electron chi connectivity index (χ1n) is 9.60. The number of nitrogens with one attached hydrogen (secondary N) is 1. The van der Waals surface area contributed by atoms with Crippen LogP contribution in [-0.4, -0.2) is 56.3 Å². The number of halogens is 3. The summed E-state index contributed by atoms with van der Waals surface area (Å²) in [6.07, 6.45) is -0.0929. The summed E-state index contributed by atoms with van der Waals surface area (Å²) >= 11 is 0. The summed E-state index contributed by atoms with van der Waals surface area (Å²) in [5, 5.41) is 10.6. The highest BCUT2D eigenvalue weighted by atomic mass is 19.4. The molecule has 2 N–H and O–H groups in total. The zero-order valence-corrected chi connectivity index (χ0v) is 15.8. The topological polar surface area (TPSA) is 67.8 Å². The second-order valence-corrected chi connectivity index (χ2v) is 7.17. The number of carboxylic acids is 1. The average molecular weight is 403 g/mol. The molecule has 0 aliphatic carbocycles. The molecule has 8 heteroatoms. The third kappa shape index (κ3) is 8.16. The fraction of sp³-hybridized carbons (Fsp3) is 0.650. The molecule has 0 amide bonds. The van der Waals surface area contributed by atoms with Crippen LogP contribution in [0.25, 0.3) is 0 Å². The number of hydrogen-bond donors (Lipinski definition) is 2. The number of piperidine rings is 1. The van der Waals surface area contributed by atoms with Crippen molar-refractivity contribution in [1.29, 1.82) is 0 Å². The maximum absolute atomic E-state index is 10.6. The van der Waals surface area contributed by atoms with Gasteiger partial charge in [0.1, 0.15) is 0 Å². The molecule has 1 aromatic carbocycles. The van der Waals surface area contributed by atoms with Gasteiger partial charge in [0.2, 0.25) is 0 Å². The number of alkyl halides is 3. The maximum Gasteiger partial charge on any atom is 0.490 e. The number of aliphatic carboxylic acids is 1. The molecule has 0 saturated carbocycles. The Kier molecular flexibility index (Phi) is 9.21. The molecular weight excluding hydrogens is 375 g/mol. The fourth-order valence-electron chi connectivity index (χ4n) is 3.41. The van der Waals surface area contributed by atoms with Crippen LogP contribution in [0.2, 0.25) is 0 Å². The van der Waals surface area contributed by atoms with E-state index in [9.17, 15) is 13.2 Å². The number of carboxylic acid groups (broad SMARTS) is 1. The van der Waals surface area contributed by atoms with E-state index >= 15 is 0 Å². The molecule has 1 aromatic rings. The van der Waals surface area contributed by atoms with Gasteiger partial charge in [-0.05, 0) is 43.7 Å². The number of ether oxygens (including phenoxy) is 2. The molecule has 2 heterocycles. The van der Waals surface area contributed by atoms with Crippen LogP contribution in [0, 0.1) is 11.8 Å². The Labute approximate surface area is 163 Å². The van der Waals surface area contributed by atoms with Crippen molar-refractivity contribution in [3.05, 3.63) is 35.9 Å². The summed E-state index contributed by atoms with van der Waals surface area (Å²) in [6, 6.07) is 10.8. The third-order valence-corrected chi connectivity index (χ3v) is 5.01. The second-order valence-electron chi connectivity index (χ2n) is 7.17. The van der Waals surface area contributed by atoms with Gasteiger partial charge in [0.15, 0.2) is 0 Å². The van der Waals surface area contributed by atoms with E-state index in [1.165, 1.54) is 5.56 Å². The summed E-state index contributed by atoms with van der Waals surface area (Å²) in [5.41, 5.74) is 1.42. The predicted molar refractivity (Wildman–Crippen MR) is 98.1 cm³/mol. The highest BCUT2D eigenvalue weighted by molar-refractivity contribution is 5.73. The van der Waals surface area contributed by atoms with Gasteiger partial charge in [-0.3, -0.25) is 0 Å². The maximum atomic E-state index is 10.6. The Morgan fingerprint density at radius 1 is 1.18 bits per heavy atom. The van der Waals surface area contributed by atoms with Gasteiger partial charge < -0.3 is 19.9 Å². The van der Waals surface area contributed by atoms with E-state index in [-0.39, 0.29) is 0 Å². The largest absolute Gasteiger partial charge is 0.490 e. The first-order chi connectivity index (χ1) is 13.4. The lowest BCUT2D eigenvalue weighted by Crippen LogP contribution is -2.43. The molecule has 0 spiro atoms. The molecule has 0 bridgehead atoms. The highest BCUT2D eigenvalue weighted by Gasteiger charge is 2.38. The van der Waals surface area contributed by atoms with Crippen molar-refractivity contribution in [3.63, 3.8) is 0 Å². The van der Waals surface area contributed by atoms with Crippen LogP contribution in [0.3, 0.4) is 0 Å². The molecule has 2 fully saturated rings. The number of carbonyl (C=O) groups is 1. The highest BCUT2D eigenvalue weighted by Crippen LogP contribution is 2.23. The van der Waals surface area contributed by atoms with Crippen molar-refractivity contribution in [2.75, 3.05) is 32.9 Å². The van der Waals surface area contributed by atoms with Gasteiger partial charge in [0.05, 0.1) is 6.10 Å². The number of hydrogen-bond acceptors (Lipinski definition) is 4. The molecule has 5 nitrogen and oxygen atoms in total. The second kappa shape index (κ2) is 11.4. The molecule has 3 rings (SSSR count). The molecule has 158 valence electrons. The van der Waals surface area contributed by atoms with Crippen LogP contribution in [0.4, 0.5) is 13.2 Å². The first kappa shape index (κ1) is 22.6. The van der Waals surface area contributed by atoms with Gasteiger partial charge >= 0.3 is 12.1 Å². The van der Waals surface area contributed by atoms with Crippen molar-refractivity contribution >= 4 is 5.97 Å². The lowest BCUT2D eigenvalue weighted by atomic mass is 9.89. The summed E-state index contributed by atoms with van der Waals surface area (Å²) in [4.78, 5) is 8.90. The Morgan fingerprint density at radius 3 is 2.43 bits per heavy atom. The van der Waals surface area contributed by atoms with E-state index in [2.05, 4.69) is 35.6 Å². The minimum absolute atomic E-state index is 0.411. The molecule has 0 radical (unpaired) electrons. The van der Waals surface area contributed by atoms with Crippen LogP contribution >= 0.6 is 0 Å². The zero-order valence-electron chi connectivity index (χ0n) is 15.8. The van der Waals surface area contributed by atoms with E-state index in [1.54, 1.807) is 0 Å². The number of benzene rings is 1. The molecule has 2 aliphatic heterocycles. The quantitative estimate of drug-likeness (QED) is 0.790. The smallest absolute Gasteiger partial charge is 0.475 e. The van der Waals surface area contributed by atoms with Gasteiger partial charge in [-0.15, -0.1) is 0 Å². The SMILES string of the molecule is O=C(O)C(F)(F)F.c1ccc(C[C@H]2CNCC[C@H]2OCC2CCOCC2)cc1. The van der Waals surface area contributed by atoms with E-state index in [0.717, 1.165) is 58.6 Å². The van der Waals surface area contributed by atoms with E-state index < -0.39 is 12.1 Å². The van der Waals surface area contributed by atoms with Gasteiger partial charge in [0.25, 0.3) is 0 Å². The summed E-state index contributed by atoms with van der Waals surface area (Å²) in [7, 11) is 0. The fourth-order valence-corrected chi connectivity index (χ4v) is 3.41. The average Bonchev–Trinajstić information content (AvgIpc) is 2.69. The standard InChI is InChI=1S/C18H27NO2.C2HF3O2/c1-2-4-15(5-3-1)12-17-13-19-9-6-18(17)21-14-16-7-10-20-11-8-16;3-2(4,5)1(6)7/h1-5,16-19H,6-14H2;(H,6,7)/t17-,18+;/m0./s1. The van der Waals surface area contributed by atoms with Crippen LogP contribution in [0.5, 0.6) is 0 Å².